The fraction of sp³-hybridized carbons (Fsp3) is 0.200. The molecule has 5 heteroatoms. The second-order valence-corrected chi connectivity index (χ2v) is 6.15. The number of fused-ring (bicyclic) bond motifs is 1. The van der Waals surface area contributed by atoms with Crippen LogP contribution in [0.5, 0.6) is 0 Å². The van der Waals surface area contributed by atoms with E-state index in [-0.39, 0.29) is 5.75 Å². The summed E-state index contributed by atoms with van der Waals surface area (Å²) >= 11 is 0. The predicted molar refractivity (Wildman–Crippen MR) is 59.4 cm³/mol. The van der Waals surface area contributed by atoms with E-state index in [0.717, 1.165) is 11.1 Å². The van der Waals surface area contributed by atoms with Gasteiger partial charge in [-0.25, -0.2) is 8.42 Å². The highest BCUT2D eigenvalue weighted by Crippen LogP contribution is 2.24. The summed E-state index contributed by atoms with van der Waals surface area (Å²) in [6.45, 7) is 1.82. The van der Waals surface area contributed by atoms with Crippen LogP contribution in [-0.2, 0) is 14.8 Å². The van der Waals surface area contributed by atoms with Gasteiger partial charge in [0.05, 0.1) is 5.75 Å². The van der Waals surface area contributed by atoms with Gasteiger partial charge < -0.3 is 4.42 Å². The highest BCUT2D eigenvalue weighted by molar-refractivity contribution is 8.13. The van der Waals surface area contributed by atoms with Gasteiger partial charge in [-0.3, -0.25) is 0 Å². The van der Waals surface area contributed by atoms with Gasteiger partial charge in [-0.2, -0.15) is 0 Å². The SMILES string of the molecule is Cc1cc2cccc(CS(=O)(=O)Cl)c2o1. The van der Waals surface area contributed by atoms with Crippen LogP contribution in [0.3, 0.4) is 0 Å². The van der Waals surface area contributed by atoms with E-state index < -0.39 is 9.05 Å². The smallest absolute Gasteiger partial charge is 0.236 e. The van der Waals surface area contributed by atoms with E-state index in [1.165, 1.54) is 0 Å². The van der Waals surface area contributed by atoms with Crippen molar-refractivity contribution >= 4 is 30.7 Å². The number of rotatable bonds is 2. The summed E-state index contributed by atoms with van der Waals surface area (Å²) in [5.74, 6) is 0.545. The first-order valence-corrected chi connectivity index (χ1v) is 6.84. The normalized spacial score (nSPS) is 12.1. The molecular weight excluding hydrogens is 236 g/mol. The highest BCUT2D eigenvalue weighted by atomic mass is 35.7. The van der Waals surface area contributed by atoms with Crippen molar-refractivity contribution in [2.45, 2.75) is 12.7 Å². The maximum Gasteiger partial charge on any atom is 0.236 e. The molecule has 0 fully saturated rings. The second-order valence-electron chi connectivity index (χ2n) is 3.38. The third kappa shape index (κ3) is 2.33. The zero-order valence-electron chi connectivity index (χ0n) is 8.03. The number of benzene rings is 1. The van der Waals surface area contributed by atoms with Crippen LogP contribution in [-0.4, -0.2) is 8.42 Å². The largest absolute Gasteiger partial charge is 0.461 e. The topological polar surface area (TPSA) is 47.3 Å². The lowest BCUT2D eigenvalue weighted by Crippen LogP contribution is -1.94. The van der Waals surface area contributed by atoms with Crippen molar-refractivity contribution in [3.05, 3.63) is 35.6 Å². The molecule has 0 atom stereocenters. The van der Waals surface area contributed by atoms with Crippen LogP contribution in [0.2, 0.25) is 0 Å². The van der Waals surface area contributed by atoms with Gasteiger partial charge in [-0.15, -0.1) is 0 Å². The Kier molecular flexibility index (Phi) is 2.48. The summed E-state index contributed by atoms with van der Waals surface area (Å²) in [7, 11) is 1.66. The molecular formula is C10H9ClO3S. The average molecular weight is 245 g/mol. The molecule has 0 aliphatic rings. The molecule has 0 amide bonds. The van der Waals surface area contributed by atoms with Crippen molar-refractivity contribution in [3.8, 4) is 0 Å². The molecule has 1 aromatic carbocycles. The van der Waals surface area contributed by atoms with Gasteiger partial charge in [0.15, 0.2) is 0 Å². The Hall–Kier alpha value is -1.00. The summed E-state index contributed by atoms with van der Waals surface area (Å²) in [5, 5.41) is 0.894. The van der Waals surface area contributed by atoms with Crippen molar-refractivity contribution in [3.63, 3.8) is 0 Å². The lowest BCUT2D eigenvalue weighted by molar-refractivity contribution is 0.574. The zero-order chi connectivity index (χ0) is 11.1. The molecule has 1 heterocycles. The fourth-order valence-electron chi connectivity index (χ4n) is 1.55. The predicted octanol–water partition coefficient (Wildman–Crippen LogP) is 2.81. The van der Waals surface area contributed by atoms with Crippen molar-refractivity contribution in [1.29, 1.82) is 0 Å². The standard InChI is InChI=1S/C10H9ClO3S/c1-7-5-8-3-2-4-9(10(8)14-7)6-15(11,12)13/h2-5H,6H2,1H3. The lowest BCUT2D eigenvalue weighted by Gasteiger charge is -1.98. The molecule has 15 heavy (non-hydrogen) atoms. The molecule has 0 unspecified atom stereocenters. The minimum Gasteiger partial charge on any atom is -0.461 e. The number of hydrogen-bond donors (Lipinski definition) is 0. The first-order valence-electron chi connectivity index (χ1n) is 4.36. The van der Waals surface area contributed by atoms with Crippen LogP contribution in [0.1, 0.15) is 11.3 Å². The van der Waals surface area contributed by atoms with Gasteiger partial charge in [0.1, 0.15) is 11.3 Å². The van der Waals surface area contributed by atoms with Crippen LogP contribution in [0.25, 0.3) is 11.0 Å². The van der Waals surface area contributed by atoms with Crippen molar-refractivity contribution in [2.75, 3.05) is 0 Å². The Morgan fingerprint density at radius 1 is 1.40 bits per heavy atom. The summed E-state index contributed by atoms with van der Waals surface area (Å²) in [4.78, 5) is 0. The van der Waals surface area contributed by atoms with Crippen LogP contribution in [0.4, 0.5) is 0 Å². The van der Waals surface area contributed by atoms with Crippen LogP contribution in [0.15, 0.2) is 28.7 Å². The first-order chi connectivity index (χ1) is 6.96. The molecule has 0 aliphatic heterocycles. The van der Waals surface area contributed by atoms with Crippen molar-refractivity contribution in [1.82, 2.24) is 0 Å². The van der Waals surface area contributed by atoms with Gasteiger partial charge in [0, 0.05) is 21.6 Å². The molecule has 0 spiro atoms. The molecule has 1 aromatic heterocycles. The maximum atomic E-state index is 11.0. The molecule has 2 aromatic rings. The molecule has 0 bridgehead atoms. The van der Waals surface area contributed by atoms with E-state index in [2.05, 4.69) is 0 Å². The molecule has 0 N–H and O–H groups in total. The van der Waals surface area contributed by atoms with Crippen LogP contribution < -0.4 is 0 Å². The number of para-hydroxylation sites is 1. The molecule has 0 saturated carbocycles. The van der Waals surface area contributed by atoms with Gasteiger partial charge in [0.25, 0.3) is 0 Å². The Morgan fingerprint density at radius 2 is 2.13 bits per heavy atom. The van der Waals surface area contributed by atoms with E-state index in [1.807, 2.05) is 19.1 Å². The number of halogens is 1. The van der Waals surface area contributed by atoms with E-state index >= 15 is 0 Å². The Morgan fingerprint density at radius 3 is 2.80 bits per heavy atom. The number of furan rings is 1. The minimum atomic E-state index is -3.55. The van der Waals surface area contributed by atoms with Gasteiger partial charge in [0.2, 0.25) is 9.05 Å². The van der Waals surface area contributed by atoms with Gasteiger partial charge in [-0.05, 0) is 13.0 Å². The van der Waals surface area contributed by atoms with Crippen LogP contribution >= 0.6 is 10.7 Å². The molecule has 2 rings (SSSR count). The number of aryl methyl sites for hydroxylation is 1. The Balaban J connectivity index is 2.60. The average Bonchev–Trinajstić information content (AvgIpc) is 2.43. The molecule has 80 valence electrons. The molecule has 0 radical (unpaired) electrons. The van der Waals surface area contributed by atoms with E-state index in [9.17, 15) is 8.42 Å². The van der Waals surface area contributed by atoms with Gasteiger partial charge in [-0.1, -0.05) is 18.2 Å². The van der Waals surface area contributed by atoms with E-state index in [4.69, 9.17) is 15.1 Å². The van der Waals surface area contributed by atoms with Gasteiger partial charge >= 0.3 is 0 Å². The second kappa shape index (κ2) is 3.54. The first kappa shape index (κ1) is 10.5. The van der Waals surface area contributed by atoms with Crippen molar-refractivity contribution < 1.29 is 12.8 Å². The maximum absolute atomic E-state index is 11.0. The Bertz CT molecular complexity index is 598. The molecule has 0 aliphatic carbocycles. The summed E-state index contributed by atoms with van der Waals surface area (Å²) in [5.41, 5.74) is 1.19. The van der Waals surface area contributed by atoms with Crippen molar-refractivity contribution in [2.24, 2.45) is 0 Å². The fourth-order valence-corrected chi connectivity index (χ4v) is 2.50. The van der Waals surface area contributed by atoms with Crippen LogP contribution in [0, 0.1) is 6.92 Å². The summed E-state index contributed by atoms with van der Waals surface area (Å²) in [6.07, 6.45) is 0. The summed E-state index contributed by atoms with van der Waals surface area (Å²) < 4.78 is 27.4. The van der Waals surface area contributed by atoms with E-state index in [1.54, 1.807) is 12.1 Å². The Labute approximate surface area is 92.1 Å². The monoisotopic (exact) mass is 244 g/mol. The highest BCUT2D eigenvalue weighted by Gasteiger charge is 2.12. The quantitative estimate of drug-likeness (QED) is 0.764. The molecule has 0 saturated heterocycles. The third-order valence-electron chi connectivity index (χ3n) is 2.08. The van der Waals surface area contributed by atoms with E-state index in [0.29, 0.717) is 11.1 Å². The summed E-state index contributed by atoms with van der Waals surface area (Å²) in [6, 6.07) is 7.22. The number of hydrogen-bond acceptors (Lipinski definition) is 3. The zero-order valence-corrected chi connectivity index (χ0v) is 9.60. The lowest BCUT2D eigenvalue weighted by atomic mass is 10.2. The third-order valence-corrected chi connectivity index (χ3v) is 3.06. The minimum absolute atomic E-state index is 0.209. The molecule has 3 nitrogen and oxygen atoms in total.